The molecule has 0 bridgehead atoms. The number of nitrogens with one attached hydrogen (secondary N) is 1. The van der Waals surface area contributed by atoms with Crippen LogP contribution in [0.15, 0.2) is 6.07 Å². The van der Waals surface area contributed by atoms with Gasteiger partial charge in [-0.3, -0.25) is 0 Å². The van der Waals surface area contributed by atoms with E-state index in [1.165, 1.54) is 0 Å². The van der Waals surface area contributed by atoms with Crippen LogP contribution in [-0.4, -0.2) is 29.2 Å². The van der Waals surface area contributed by atoms with Gasteiger partial charge in [0.2, 0.25) is 0 Å². The highest BCUT2D eigenvalue weighted by Crippen LogP contribution is 2.22. The summed E-state index contributed by atoms with van der Waals surface area (Å²) in [5.41, 5.74) is -0.106. The zero-order chi connectivity index (χ0) is 13.2. The standard InChI is InChI=1S/C13H20ClN3O/c1-13(2,3)12-16-10(14)7-11(17-12)15-8-9-5-4-6-18-9/h7,9H,4-6,8H2,1-3H3,(H,15,16,17)/t9-/m1/s1. The molecule has 5 heteroatoms. The van der Waals surface area contributed by atoms with Gasteiger partial charge < -0.3 is 10.1 Å². The quantitative estimate of drug-likeness (QED) is 0.857. The van der Waals surface area contributed by atoms with Crippen LogP contribution < -0.4 is 5.32 Å². The van der Waals surface area contributed by atoms with Gasteiger partial charge in [-0.2, -0.15) is 0 Å². The summed E-state index contributed by atoms with van der Waals surface area (Å²) in [5.74, 6) is 1.53. The van der Waals surface area contributed by atoms with Gasteiger partial charge in [0.25, 0.3) is 0 Å². The first-order valence-electron chi connectivity index (χ1n) is 6.36. The normalized spacial score (nSPS) is 20.1. The van der Waals surface area contributed by atoms with Crippen molar-refractivity contribution in [3.05, 3.63) is 17.0 Å². The minimum Gasteiger partial charge on any atom is -0.376 e. The molecule has 1 aliphatic heterocycles. The molecule has 1 aromatic heterocycles. The molecule has 4 nitrogen and oxygen atoms in total. The van der Waals surface area contributed by atoms with E-state index in [0.717, 1.165) is 37.6 Å². The third-order valence-electron chi connectivity index (χ3n) is 2.90. The van der Waals surface area contributed by atoms with Gasteiger partial charge in [-0.15, -0.1) is 0 Å². The van der Waals surface area contributed by atoms with Crippen LogP contribution in [0.25, 0.3) is 0 Å². The molecule has 1 saturated heterocycles. The first kappa shape index (κ1) is 13.6. The first-order chi connectivity index (χ1) is 8.45. The molecule has 0 aromatic carbocycles. The van der Waals surface area contributed by atoms with Crippen molar-refractivity contribution in [1.82, 2.24) is 9.97 Å². The van der Waals surface area contributed by atoms with E-state index >= 15 is 0 Å². The molecule has 0 amide bonds. The van der Waals surface area contributed by atoms with Crippen LogP contribution in [0.2, 0.25) is 5.15 Å². The average molecular weight is 270 g/mol. The summed E-state index contributed by atoms with van der Waals surface area (Å²) < 4.78 is 5.56. The lowest BCUT2D eigenvalue weighted by molar-refractivity contribution is 0.120. The van der Waals surface area contributed by atoms with E-state index < -0.39 is 0 Å². The number of aromatic nitrogens is 2. The minimum absolute atomic E-state index is 0.106. The van der Waals surface area contributed by atoms with Crippen molar-refractivity contribution in [2.75, 3.05) is 18.5 Å². The third kappa shape index (κ3) is 3.56. The fourth-order valence-electron chi connectivity index (χ4n) is 1.87. The number of hydrogen-bond acceptors (Lipinski definition) is 4. The Labute approximate surface area is 113 Å². The Morgan fingerprint density at radius 3 is 2.83 bits per heavy atom. The predicted octanol–water partition coefficient (Wildman–Crippen LogP) is 3.02. The van der Waals surface area contributed by atoms with Crippen LogP contribution in [0.3, 0.4) is 0 Å². The number of anilines is 1. The molecule has 0 saturated carbocycles. The second kappa shape index (κ2) is 5.41. The summed E-state index contributed by atoms with van der Waals surface area (Å²) >= 11 is 6.03. The predicted molar refractivity (Wildman–Crippen MR) is 73.2 cm³/mol. The minimum atomic E-state index is -0.106. The molecule has 0 spiro atoms. The largest absolute Gasteiger partial charge is 0.376 e. The topological polar surface area (TPSA) is 47.0 Å². The Balaban J connectivity index is 2.05. The maximum absolute atomic E-state index is 6.03. The lowest BCUT2D eigenvalue weighted by atomic mass is 9.96. The van der Waals surface area contributed by atoms with E-state index in [4.69, 9.17) is 16.3 Å². The number of nitrogens with zero attached hydrogens (tertiary/aromatic N) is 2. The van der Waals surface area contributed by atoms with Gasteiger partial charge >= 0.3 is 0 Å². The second-order valence-corrected chi connectivity index (χ2v) is 6.05. The zero-order valence-electron chi connectivity index (χ0n) is 11.2. The summed E-state index contributed by atoms with van der Waals surface area (Å²) in [6.07, 6.45) is 2.54. The van der Waals surface area contributed by atoms with Crippen molar-refractivity contribution in [1.29, 1.82) is 0 Å². The Hall–Kier alpha value is -0.870. The molecule has 100 valence electrons. The fraction of sp³-hybridized carbons (Fsp3) is 0.692. The lowest BCUT2D eigenvalue weighted by Gasteiger charge is -2.18. The Bertz CT molecular complexity index is 411. The molecule has 0 unspecified atom stereocenters. The van der Waals surface area contributed by atoms with Gasteiger partial charge in [-0.05, 0) is 12.8 Å². The third-order valence-corrected chi connectivity index (χ3v) is 3.09. The molecule has 1 aromatic rings. The first-order valence-corrected chi connectivity index (χ1v) is 6.73. The van der Waals surface area contributed by atoms with E-state index in [-0.39, 0.29) is 11.5 Å². The SMILES string of the molecule is CC(C)(C)c1nc(Cl)cc(NC[C@H]2CCCO2)n1. The van der Waals surface area contributed by atoms with Crippen molar-refractivity contribution in [2.24, 2.45) is 0 Å². The van der Waals surface area contributed by atoms with Gasteiger partial charge in [-0.25, -0.2) is 9.97 Å². The van der Waals surface area contributed by atoms with E-state index in [0.29, 0.717) is 5.15 Å². The van der Waals surface area contributed by atoms with Crippen molar-refractivity contribution >= 4 is 17.4 Å². The molecular weight excluding hydrogens is 250 g/mol. The maximum Gasteiger partial charge on any atom is 0.137 e. The van der Waals surface area contributed by atoms with E-state index in [9.17, 15) is 0 Å². The summed E-state index contributed by atoms with van der Waals surface area (Å²) in [6, 6.07) is 1.76. The molecule has 2 rings (SSSR count). The maximum atomic E-state index is 6.03. The Morgan fingerprint density at radius 2 is 2.22 bits per heavy atom. The summed E-state index contributed by atoms with van der Waals surface area (Å²) in [5, 5.41) is 3.76. The summed E-state index contributed by atoms with van der Waals surface area (Å²) in [6.45, 7) is 7.86. The van der Waals surface area contributed by atoms with Gasteiger partial charge in [0, 0.05) is 24.6 Å². The number of halogens is 1. The average Bonchev–Trinajstić information content (AvgIpc) is 2.77. The van der Waals surface area contributed by atoms with E-state index in [1.807, 2.05) is 0 Å². The molecule has 1 N–H and O–H groups in total. The summed E-state index contributed by atoms with van der Waals surface area (Å²) in [4.78, 5) is 8.77. The molecule has 0 aliphatic carbocycles. The number of rotatable bonds is 3. The highest BCUT2D eigenvalue weighted by Gasteiger charge is 2.20. The smallest absolute Gasteiger partial charge is 0.137 e. The monoisotopic (exact) mass is 269 g/mol. The van der Waals surface area contributed by atoms with Crippen LogP contribution in [0.4, 0.5) is 5.82 Å². The van der Waals surface area contributed by atoms with Crippen molar-refractivity contribution in [3.63, 3.8) is 0 Å². The summed E-state index contributed by atoms with van der Waals surface area (Å²) in [7, 11) is 0. The van der Waals surface area contributed by atoms with Crippen LogP contribution in [-0.2, 0) is 10.2 Å². The van der Waals surface area contributed by atoms with Crippen LogP contribution >= 0.6 is 11.6 Å². The number of ether oxygens (including phenoxy) is 1. The number of hydrogen-bond donors (Lipinski definition) is 1. The van der Waals surface area contributed by atoms with Crippen molar-refractivity contribution in [2.45, 2.75) is 45.1 Å². The molecule has 0 radical (unpaired) electrons. The molecule has 1 fully saturated rings. The van der Waals surface area contributed by atoms with Crippen LogP contribution in [0.5, 0.6) is 0 Å². The molecule has 2 heterocycles. The van der Waals surface area contributed by atoms with Gasteiger partial charge in [0.15, 0.2) is 0 Å². The highest BCUT2D eigenvalue weighted by atomic mass is 35.5. The highest BCUT2D eigenvalue weighted by molar-refractivity contribution is 6.29. The molecular formula is C13H20ClN3O. The molecule has 1 aliphatic rings. The Morgan fingerprint density at radius 1 is 1.44 bits per heavy atom. The zero-order valence-corrected chi connectivity index (χ0v) is 11.9. The van der Waals surface area contributed by atoms with Crippen LogP contribution in [0.1, 0.15) is 39.4 Å². The fourth-order valence-corrected chi connectivity index (χ4v) is 2.05. The van der Waals surface area contributed by atoms with Gasteiger partial charge in [0.1, 0.15) is 16.8 Å². The van der Waals surface area contributed by atoms with Gasteiger partial charge in [0.05, 0.1) is 6.10 Å². The van der Waals surface area contributed by atoms with E-state index in [1.54, 1.807) is 6.07 Å². The molecule has 18 heavy (non-hydrogen) atoms. The lowest BCUT2D eigenvalue weighted by Crippen LogP contribution is -2.21. The van der Waals surface area contributed by atoms with Crippen LogP contribution in [0, 0.1) is 0 Å². The van der Waals surface area contributed by atoms with Gasteiger partial charge in [-0.1, -0.05) is 32.4 Å². The Kier molecular flexibility index (Phi) is 4.07. The second-order valence-electron chi connectivity index (χ2n) is 5.67. The van der Waals surface area contributed by atoms with Crippen molar-refractivity contribution in [3.8, 4) is 0 Å². The molecule has 1 atom stereocenters. The van der Waals surface area contributed by atoms with Crippen molar-refractivity contribution < 1.29 is 4.74 Å². The van der Waals surface area contributed by atoms with E-state index in [2.05, 4.69) is 36.1 Å².